The monoisotopic (exact) mass is 418 g/mol. The van der Waals surface area contributed by atoms with Crippen LogP contribution in [0.5, 0.6) is 11.5 Å². The molecule has 0 radical (unpaired) electrons. The second kappa shape index (κ2) is 8.52. The van der Waals surface area contributed by atoms with E-state index in [9.17, 15) is 0 Å². The Hall–Kier alpha value is -2.56. The second-order valence-electron chi connectivity index (χ2n) is 8.80. The Labute approximate surface area is 184 Å². The van der Waals surface area contributed by atoms with Crippen molar-refractivity contribution >= 4 is 0 Å². The maximum Gasteiger partial charge on any atom is 0.122 e. The van der Waals surface area contributed by atoms with Crippen LogP contribution in [0.3, 0.4) is 0 Å². The van der Waals surface area contributed by atoms with Crippen molar-refractivity contribution in [1.29, 1.82) is 0 Å². The molecule has 2 fully saturated rings. The largest absolute Gasteiger partial charge is 0.491 e. The molecule has 4 heteroatoms. The van der Waals surface area contributed by atoms with E-state index in [2.05, 4.69) is 75.4 Å². The molecule has 2 heterocycles. The van der Waals surface area contributed by atoms with Crippen molar-refractivity contribution in [2.45, 2.75) is 57.0 Å². The first-order valence-corrected chi connectivity index (χ1v) is 11.2. The fourth-order valence-corrected chi connectivity index (χ4v) is 4.04. The standard InChI is InChI=1S/C27H30O4/c1-17-14-23(10-13-25(17)29-16-27-19(3)31-27)22-6-4-20(5-7-22)21-8-11-24(12-9-21)28-15-26-18(2)30-26/h4-14,18-20,22,26-27H,15-16H2,1-3H3. The summed E-state index contributed by atoms with van der Waals surface area (Å²) < 4.78 is 22.5. The van der Waals surface area contributed by atoms with Gasteiger partial charge in [0.25, 0.3) is 0 Å². The van der Waals surface area contributed by atoms with Gasteiger partial charge >= 0.3 is 0 Å². The van der Waals surface area contributed by atoms with Crippen LogP contribution < -0.4 is 9.47 Å². The normalized spacial score (nSPS) is 30.8. The van der Waals surface area contributed by atoms with Crippen LogP contribution in [0.15, 0.2) is 66.8 Å². The summed E-state index contributed by atoms with van der Waals surface area (Å²) in [5, 5.41) is 0. The van der Waals surface area contributed by atoms with Crippen molar-refractivity contribution in [3.63, 3.8) is 0 Å². The summed E-state index contributed by atoms with van der Waals surface area (Å²) in [5.74, 6) is 2.42. The zero-order chi connectivity index (χ0) is 21.4. The minimum absolute atomic E-state index is 0.247. The van der Waals surface area contributed by atoms with Crippen LogP contribution >= 0.6 is 0 Å². The van der Waals surface area contributed by atoms with Crippen molar-refractivity contribution in [2.75, 3.05) is 13.2 Å². The zero-order valence-corrected chi connectivity index (χ0v) is 18.4. The minimum atomic E-state index is 0.247. The number of rotatable bonds is 8. The number of epoxide rings is 2. The second-order valence-corrected chi connectivity index (χ2v) is 8.80. The van der Waals surface area contributed by atoms with Gasteiger partial charge in [-0.25, -0.2) is 0 Å². The van der Waals surface area contributed by atoms with Crippen molar-refractivity contribution in [3.8, 4) is 11.5 Å². The maximum atomic E-state index is 5.92. The average molecular weight is 419 g/mol. The molecule has 2 saturated heterocycles. The molecule has 4 nitrogen and oxygen atoms in total. The lowest BCUT2D eigenvalue weighted by Crippen LogP contribution is -2.07. The lowest BCUT2D eigenvalue weighted by molar-refractivity contribution is 0.259. The molecule has 0 aromatic heterocycles. The smallest absolute Gasteiger partial charge is 0.122 e. The third-order valence-electron chi connectivity index (χ3n) is 6.39. The molecule has 2 aliphatic heterocycles. The van der Waals surface area contributed by atoms with Gasteiger partial charge in [0, 0.05) is 11.8 Å². The lowest BCUT2D eigenvalue weighted by atomic mass is 9.87. The molecule has 0 saturated carbocycles. The molecule has 0 amide bonds. The summed E-state index contributed by atoms with van der Waals surface area (Å²) in [6, 6.07) is 14.9. The molecule has 3 aliphatic rings. The summed E-state index contributed by atoms with van der Waals surface area (Å²) >= 11 is 0. The summed E-state index contributed by atoms with van der Waals surface area (Å²) in [6.07, 6.45) is 10.3. The third-order valence-corrected chi connectivity index (χ3v) is 6.39. The topological polar surface area (TPSA) is 43.5 Å². The number of benzene rings is 2. The van der Waals surface area contributed by atoms with Crippen LogP contribution in [0.4, 0.5) is 0 Å². The molecule has 4 atom stereocenters. The van der Waals surface area contributed by atoms with Crippen LogP contribution in [-0.4, -0.2) is 37.6 Å². The highest BCUT2D eigenvalue weighted by atomic mass is 16.6. The molecule has 162 valence electrons. The van der Waals surface area contributed by atoms with E-state index in [1.165, 1.54) is 11.1 Å². The molecule has 1 aliphatic carbocycles. The highest BCUT2D eigenvalue weighted by Gasteiger charge is 2.35. The van der Waals surface area contributed by atoms with Crippen LogP contribution in [0.2, 0.25) is 0 Å². The van der Waals surface area contributed by atoms with E-state index >= 15 is 0 Å². The lowest BCUT2D eigenvalue weighted by Gasteiger charge is -2.19. The number of aryl methyl sites for hydroxylation is 1. The van der Waals surface area contributed by atoms with Gasteiger partial charge in [0.05, 0.1) is 12.2 Å². The molecule has 0 bridgehead atoms. The summed E-state index contributed by atoms with van der Waals surface area (Å²) in [7, 11) is 0. The van der Waals surface area contributed by atoms with E-state index in [4.69, 9.17) is 18.9 Å². The first-order valence-electron chi connectivity index (χ1n) is 11.2. The number of hydrogen-bond donors (Lipinski definition) is 0. The van der Waals surface area contributed by atoms with E-state index in [1.54, 1.807) is 0 Å². The van der Waals surface area contributed by atoms with Crippen molar-refractivity contribution in [3.05, 3.63) is 83.5 Å². The highest BCUT2D eigenvalue weighted by Crippen LogP contribution is 2.33. The molecule has 2 aromatic rings. The summed E-state index contributed by atoms with van der Waals surface area (Å²) in [5.41, 5.74) is 3.72. The Kier molecular flexibility index (Phi) is 5.59. The summed E-state index contributed by atoms with van der Waals surface area (Å²) in [4.78, 5) is 0. The Morgan fingerprint density at radius 3 is 1.77 bits per heavy atom. The quantitative estimate of drug-likeness (QED) is 0.430. The van der Waals surface area contributed by atoms with Gasteiger partial charge in [0.1, 0.15) is 36.9 Å². The SMILES string of the molecule is Cc1cc(C2C=CC(c3ccc(OCC4OC4C)cc3)C=C2)ccc1OCC1OC1C. The van der Waals surface area contributed by atoms with Gasteiger partial charge in [-0.05, 0) is 55.7 Å². The van der Waals surface area contributed by atoms with Gasteiger partial charge in [-0.15, -0.1) is 0 Å². The van der Waals surface area contributed by atoms with Crippen LogP contribution in [0.25, 0.3) is 0 Å². The highest BCUT2D eigenvalue weighted by molar-refractivity contribution is 5.43. The zero-order valence-electron chi connectivity index (χ0n) is 18.4. The maximum absolute atomic E-state index is 5.92. The molecular formula is C27H30O4. The first kappa shape index (κ1) is 20.3. The average Bonchev–Trinajstić information content (AvgIpc) is 3.70. The van der Waals surface area contributed by atoms with Crippen molar-refractivity contribution in [2.24, 2.45) is 0 Å². The number of allylic oxidation sites excluding steroid dienone is 4. The molecule has 2 aromatic carbocycles. The van der Waals surface area contributed by atoms with Gasteiger partial charge in [-0.2, -0.15) is 0 Å². The van der Waals surface area contributed by atoms with Gasteiger partial charge < -0.3 is 18.9 Å². The van der Waals surface area contributed by atoms with Gasteiger partial charge in [-0.1, -0.05) is 48.6 Å². The molecule has 4 unspecified atom stereocenters. The van der Waals surface area contributed by atoms with E-state index < -0.39 is 0 Å². The molecule has 31 heavy (non-hydrogen) atoms. The molecule has 0 spiro atoms. The van der Waals surface area contributed by atoms with Gasteiger partial charge in [0.2, 0.25) is 0 Å². The fourth-order valence-electron chi connectivity index (χ4n) is 4.04. The first-order chi connectivity index (χ1) is 15.1. The van der Waals surface area contributed by atoms with Crippen LogP contribution in [-0.2, 0) is 9.47 Å². The van der Waals surface area contributed by atoms with Gasteiger partial charge in [0.15, 0.2) is 0 Å². The van der Waals surface area contributed by atoms with Crippen LogP contribution in [0.1, 0.15) is 42.4 Å². The molecule has 5 rings (SSSR count). The fraction of sp³-hybridized carbons (Fsp3) is 0.407. The number of hydrogen-bond acceptors (Lipinski definition) is 4. The molecular weight excluding hydrogens is 388 g/mol. The van der Waals surface area contributed by atoms with E-state index in [0.717, 1.165) is 17.1 Å². The molecule has 0 N–H and O–H groups in total. The minimum Gasteiger partial charge on any atom is -0.491 e. The van der Waals surface area contributed by atoms with Gasteiger partial charge in [-0.3, -0.25) is 0 Å². The Bertz CT molecular complexity index is 963. The summed E-state index contributed by atoms with van der Waals surface area (Å²) in [6.45, 7) is 7.51. The van der Waals surface area contributed by atoms with E-state index in [1.807, 2.05) is 12.1 Å². The van der Waals surface area contributed by atoms with E-state index in [-0.39, 0.29) is 12.2 Å². The van der Waals surface area contributed by atoms with Crippen molar-refractivity contribution < 1.29 is 18.9 Å². The Balaban J connectivity index is 1.17. The Morgan fingerprint density at radius 2 is 1.23 bits per heavy atom. The predicted octanol–water partition coefficient (Wildman–Crippen LogP) is 5.32. The van der Waals surface area contributed by atoms with Crippen LogP contribution in [0, 0.1) is 6.92 Å². The Morgan fingerprint density at radius 1 is 0.710 bits per heavy atom. The third kappa shape index (κ3) is 4.86. The van der Waals surface area contributed by atoms with Crippen molar-refractivity contribution in [1.82, 2.24) is 0 Å². The van der Waals surface area contributed by atoms with E-state index in [0.29, 0.717) is 37.3 Å². The number of ether oxygens (including phenoxy) is 4. The predicted molar refractivity (Wildman–Crippen MR) is 121 cm³/mol.